The van der Waals surface area contributed by atoms with Crippen molar-refractivity contribution in [2.45, 2.75) is 33.2 Å². The Hall–Kier alpha value is -2.43. The highest BCUT2D eigenvalue weighted by Crippen LogP contribution is 2.23. The van der Waals surface area contributed by atoms with Crippen molar-refractivity contribution in [3.8, 4) is 0 Å². The fourth-order valence-corrected chi connectivity index (χ4v) is 2.69. The summed E-state index contributed by atoms with van der Waals surface area (Å²) >= 11 is 0. The maximum absolute atomic E-state index is 13.4. The molecular formula is C18H21FN4. The number of anilines is 1. The number of fused-ring (bicyclic) bond motifs is 1. The van der Waals surface area contributed by atoms with Crippen LogP contribution in [0.4, 0.5) is 10.2 Å². The highest BCUT2D eigenvalue weighted by atomic mass is 19.1. The monoisotopic (exact) mass is 312 g/mol. The van der Waals surface area contributed by atoms with E-state index in [4.69, 9.17) is 0 Å². The van der Waals surface area contributed by atoms with Gasteiger partial charge in [0.2, 0.25) is 0 Å². The molecule has 0 bridgehead atoms. The Morgan fingerprint density at radius 1 is 1.22 bits per heavy atom. The topological polar surface area (TPSA) is 42.7 Å². The SMILES string of the molecule is CCCCNc1nc(C)nc2ccn(Cc3cccc(F)c3)c12. The number of halogens is 1. The molecule has 0 fully saturated rings. The lowest BCUT2D eigenvalue weighted by Gasteiger charge is -2.11. The molecule has 120 valence electrons. The molecule has 0 aliphatic carbocycles. The van der Waals surface area contributed by atoms with E-state index in [0.717, 1.165) is 47.6 Å². The van der Waals surface area contributed by atoms with Gasteiger partial charge in [0, 0.05) is 19.3 Å². The second-order valence-electron chi connectivity index (χ2n) is 5.71. The van der Waals surface area contributed by atoms with Crippen LogP contribution in [-0.2, 0) is 6.54 Å². The summed E-state index contributed by atoms with van der Waals surface area (Å²) in [5.41, 5.74) is 2.80. The molecule has 3 aromatic rings. The number of aromatic nitrogens is 3. The molecule has 0 saturated heterocycles. The normalized spacial score (nSPS) is 11.1. The summed E-state index contributed by atoms with van der Waals surface area (Å²) in [6.45, 7) is 5.53. The van der Waals surface area contributed by atoms with E-state index in [1.165, 1.54) is 6.07 Å². The molecule has 0 radical (unpaired) electrons. The number of nitrogens with one attached hydrogen (secondary N) is 1. The maximum Gasteiger partial charge on any atom is 0.154 e. The highest BCUT2D eigenvalue weighted by Gasteiger charge is 2.11. The van der Waals surface area contributed by atoms with Gasteiger partial charge >= 0.3 is 0 Å². The molecule has 1 aromatic carbocycles. The molecule has 0 atom stereocenters. The van der Waals surface area contributed by atoms with Gasteiger partial charge < -0.3 is 9.88 Å². The van der Waals surface area contributed by atoms with Crippen LogP contribution in [0, 0.1) is 12.7 Å². The molecule has 0 aliphatic rings. The number of hydrogen-bond acceptors (Lipinski definition) is 3. The zero-order valence-electron chi connectivity index (χ0n) is 13.5. The first-order chi connectivity index (χ1) is 11.2. The molecule has 0 amide bonds. The average molecular weight is 312 g/mol. The van der Waals surface area contributed by atoms with Crippen molar-refractivity contribution in [2.24, 2.45) is 0 Å². The van der Waals surface area contributed by atoms with Crippen molar-refractivity contribution in [1.29, 1.82) is 0 Å². The zero-order chi connectivity index (χ0) is 16.2. The summed E-state index contributed by atoms with van der Waals surface area (Å²) in [6, 6.07) is 8.66. The molecule has 0 spiro atoms. The Kier molecular flexibility index (Phi) is 4.55. The van der Waals surface area contributed by atoms with E-state index in [0.29, 0.717) is 6.54 Å². The van der Waals surface area contributed by atoms with Gasteiger partial charge in [-0.05, 0) is 37.1 Å². The van der Waals surface area contributed by atoms with Crippen molar-refractivity contribution in [3.05, 3.63) is 53.7 Å². The summed E-state index contributed by atoms with van der Waals surface area (Å²) < 4.78 is 15.5. The first kappa shape index (κ1) is 15.5. The van der Waals surface area contributed by atoms with Gasteiger partial charge in [-0.15, -0.1) is 0 Å². The Morgan fingerprint density at radius 2 is 2.09 bits per heavy atom. The molecule has 0 unspecified atom stereocenters. The van der Waals surface area contributed by atoms with E-state index >= 15 is 0 Å². The van der Waals surface area contributed by atoms with Gasteiger partial charge in [-0.3, -0.25) is 0 Å². The maximum atomic E-state index is 13.4. The molecular weight excluding hydrogens is 291 g/mol. The van der Waals surface area contributed by atoms with Crippen LogP contribution in [0.5, 0.6) is 0 Å². The van der Waals surface area contributed by atoms with Crippen LogP contribution >= 0.6 is 0 Å². The Bertz CT molecular complexity index is 810. The van der Waals surface area contributed by atoms with E-state index in [2.05, 4.69) is 26.8 Å². The van der Waals surface area contributed by atoms with E-state index in [1.54, 1.807) is 12.1 Å². The van der Waals surface area contributed by atoms with Crippen molar-refractivity contribution < 1.29 is 4.39 Å². The third kappa shape index (κ3) is 3.50. The third-order valence-electron chi connectivity index (χ3n) is 3.79. The first-order valence-electron chi connectivity index (χ1n) is 7.99. The molecule has 2 aromatic heterocycles. The molecule has 0 saturated carbocycles. The van der Waals surface area contributed by atoms with Crippen LogP contribution in [0.2, 0.25) is 0 Å². The minimum absolute atomic E-state index is 0.215. The van der Waals surface area contributed by atoms with Crippen LogP contribution in [0.15, 0.2) is 36.5 Å². The summed E-state index contributed by atoms with van der Waals surface area (Å²) in [5, 5.41) is 3.41. The lowest BCUT2D eigenvalue weighted by atomic mass is 10.2. The number of unbranched alkanes of at least 4 members (excludes halogenated alkanes) is 1. The van der Waals surface area contributed by atoms with Crippen molar-refractivity contribution in [1.82, 2.24) is 14.5 Å². The van der Waals surface area contributed by atoms with Gasteiger partial charge in [-0.1, -0.05) is 25.5 Å². The fraction of sp³-hybridized carbons (Fsp3) is 0.333. The van der Waals surface area contributed by atoms with Gasteiger partial charge in [0.1, 0.15) is 17.2 Å². The average Bonchev–Trinajstić information content (AvgIpc) is 2.90. The fourth-order valence-electron chi connectivity index (χ4n) is 2.69. The van der Waals surface area contributed by atoms with E-state index < -0.39 is 0 Å². The molecule has 2 heterocycles. The van der Waals surface area contributed by atoms with Crippen LogP contribution in [0.1, 0.15) is 31.2 Å². The van der Waals surface area contributed by atoms with Gasteiger partial charge in [0.05, 0.1) is 5.52 Å². The number of hydrogen-bond donors (Lipinski definition) is 1. The third-order valence-corrected chi connectivity index (χ3v) is 3.79. The van der Waals surface area contributed by atoms with Crippen LogP contribution in [0.3, 0.4) is 0 Å². The molecule has 5 heteroatoms. The highest BCUT2D eigenvalue weighted by molar-refractivity contribution is 5.86. The van der Waals surface area contributed by atoms with E-state index in [-0.39, 0.29) is 5.82 Å². The summed E-state index contributed by atoms with van der Waals surface area (Å²) in [6.07, 6.45) is 4.20. The van der Waals surface area contributed by atoms with Crippen LogP contribution in [0.25, 0.3) is 11.0 Å². The number of aryl methyl sites for hydroxylation is 1. The Labute approximate surface area is 135 Å². The smallest absolute Gasteiger partial charge is 0.154 e. The predicted octanol–water partition coefficient (Wildman–Crippen LogP) is 4.14. The first-order valence-corrected chi connectivity index (χ1v) is 7.99. The predicted molar refractivity (Wildman–Crippen MR) is 91.2 cm³/mol. The minimum Gasteiger partial charge on any atom is -0.368 e. The van der Waals surface area contributed by atoms with Crippen LogP contribution in [-0.4, -0.2) is 21.1 Å². The summed E-state index contributed by atoms with van der Waals surface area (Å²) in [5.74, 6) is 1.38. The lowest BCUT2D eigenvalue weighted by Crippen LogP contribution is -2.08. The zero-order valence-corrected chi connectivity index (χ0v) is 13.5. The second-order valence-corrected chi connectivity index (χ2v) is 5.71. The second kappa shape index (κ2) is 6.77. The molecule has 3 rings (SSSR count). The molecule has 1 N–H and O–H groups in total. The number of rotatable bonds is 6. The Balaban J connectivity index is 1.97. The molecule has 0 aliphatic heterocycles. The molecule has 23 heavy (non-hydrogen) atoms. The number of benzene rings is 1. The van der Waals surface area contributed by atoms with Gasteiger partial charge in [0.25, 0.3) is 0 Å². The van der Waals surface area contributed by atoms with Gasteiger partial charge in [-0.25, -0.2) is 14.4 Å². The minimum atomic E-state index is -0.215. The van der Waals surface area contributed by atoms with E-state index in [1.807, 2.05) is 25.3 Å². The largest absolute Gasteiger partial charge is 0.368 e. The van der Waals surface area contributed by atoms with Crippen molar-refractivity contribution >= 4 is 16.9 Å². The Morgan fingerprint density at radius 3 is 2.87 bits per heavy atom. The quantitative estimate of drug-likeness (QED) is 0.696. The summed E-state index contributed by atoms with van der Waals surface area (Å²) in [4.78, 5) is 9.05. The van der Waals surface area contributed by atoms with Crippen molar-refractivity contribution in [3.63, 3.8) is 0 Å². The summed E-state index contributed by atoms with van der Waals surface area (Å²) in [7, 11) is 0. The standard InChI is InChI=1S/C18H21FN4/c1-3-4-9-20-18-17-16(21-13(2)22-18)8-10-23(17)12-14-6-5-7-15(19)11-14/h5-8,10-11H,3-4,9,12H2,1-2H3,(H,20,21,22). The molecule has 4 nitrogen and oxygen atoms in total. The van der Waals surface area contributed by atoms with Gasteiger partial charge in [-0.2, -0.15) is 0 Å². The van der Waals surface area contributed by atoms with Crippen molar-refractivity contribution in [2.75, 3.05) is 11.9 Å². The van der Waals surface area contributed by atoms with Gasteiger partial charge in [0.15, 0.2) is 5.82 Å². The number of nitrogens with zero attached hydrogens (tertiary/aromatic N) is 3. The van der Waals surface area contributed by atoms with Crippen LogP contribution < -0.4 is 5.32 Å². The van der Waals surface area contributed by atoms with E-state index in [9.17, 15) is 4.39 Å². The lowest BCUT2D eigenvalue weighted by molar-refractivity contribution is 0.624.